The molecule has 1 saturated carbocycles. The molecule has 2 fully saturated rings. The fourth-order valence-electron chi connectivity index (χ4n) is 5.02. The lowest BCUT2D eigenvalue weighted by molar-refractivity contribution is 0.120. The molecule has 3 aliphatic rings. The van der Waals surface area contributed by atoms with Crippen molar-refractivity contribution in [2.45, 2.75) is 58.5 Å². The standard InChI is InChI=1S/C25H35N5/c1-19-6-7-21(16-20(19)2)18-28-10-8-22-17-26-25(27-24(22)9-11-28)30-14-12-29(13-15-30)23-4-3-5-23/h6-7,16-17,23H,3-5,8-15,18H2,1-2H3. The summed E-state index contributed by atoms with van der Waals surface area (Å²) in [5.74, 6) is 0.949. The summed E-state index contributed by atoms with van der Waals surface area (Å²) in [6, 6.07) is 7.72. The summed E-state index contributed by atoms with van der Waals surface area (Å²) < 4.78 is 0. The Hall–Kier alpha value is -1.98. The van der Waals surface area contributed by atoms with Crippen LogP contribution in [0.15, 0.2) is 24.4 Å². The molecular formula is C25H35N5. The van der Waals surface area contributed by atoms with Crippen LogP contribution in [0.1, 0.15) is 47.2 Å². The summed E-state index contributed by atoms with van der Waals surface area (Å²) in [5, 5.41) is 0. The summed E-state index contributed by atoms with van der Waals surface area (Å²) in [7, 11) is 0. The first-order valence-electron chi connectivity index (χ1n) is 11.8. The molecule has 0 spiro atoms. The number of fused-ring (bicyclic) bond motifs is 1. The zero-order valence-corrected chi connectivity index (χ0v) is 18.6. The maximum absolute atomic E-state index is 5.04. The highest BCUT2D eigenvalue weighted by molar-refractivity contribution is 5.35. The summed E-state index contributed by atoms with van der Waals surface area (Å²) in [5.41, 5.74) is 6.79. The fourth-order valence-corrected chi connectivity index (χ4v) is 5.02. The smallest absolute Gasteiger partial charge is 0.225 e. The molecule has 2 aromatic rings. The molecule has 1 aromatic carbocycles. The Bertz CT molecular complexity index is 883. The lowest BCUT2D eigenvalue weighted by Crippen LogP contribution is -2.52. The predicted molar refractivity (Wildman–Crippen MR) is 122 cm³/mol. The fraction of sp³-hybridized carbons (Fsp3) is 0.600. The van der Waals surface area contributed by atoms with E-state index < -0.39 is 0 Å². The lowest BCUT2D eigenvalue weighted by Gasteiger charge is -2.43. The van der Waals surface area contributed by atoms with Crippen LogP contribution in [0, 0.1) is 13.8 Å². The first-order chi connectivity index (χ1) is 14.7. The number of aromatic nitrogens is 2. The largest absolute Gasteiger partial charge is 0.338 e. The topological polar surface area (TPSA) is 35.5 Å². The van der Waals surface area contributed by atoms with E-state index in [9.17, 15) is 0 Å². The van der Waals surface area contributed by atoms with Crippen molar-refractivity contribution in [3.8, 4) is 0 Å². The Morgan fingerprint density at radius 1 is 0.933 bits per heavy atom. The monoisotopic (exact) mass is 405 g/mol. The number of hydrogen-bond donors (Lipinski definition) is 0. The minimum atomic E-state index is 0.850. The molecule has 0 atom stereocenters. The number of anilines is 1. The minimum Gasteiger partial charge on any atom is -0.338 e. The first kappa shape index (κ1) is 20.0. The average molecular weight is 406 g/mol. The Morgan fingerprint density at radius 3 is 2.47 bits per heavy atom. The van der Waals surface area contributed by atoms with Crippen molar-refractivity contribution in [2.24, 2.45) is 0 Å². The maximum Gasteiger partial charge on any atom is 0.225 e. The van der Waals surface area contributed by atoms with Gasteiger partial charge in [-0.2, -0.15) is 0 Å². The van der Waals surface area contributed by atoms with E-state index in [2.05, 4.69) is 52.9 Å². The number of aryl methyl sites for hydroxylation is 2. The number of benzene rings is 1. The van der Waals surface area contributed by atoms with Crippen LogP contribution in [0.25, 0.3) is 0 Å². The predicted octanol–water partition coefficient (Wildman–Crippen LogP) is 3.37. The molecule has 30 heavy (non-hydrogen) atoms. The molecule has 0 radical (unpaired) electrons. The SMILES string of the molecule is Cc1ccc(CN2CCc3cnc(N4CCN(C5CCC5)CC4)nc3CC2)cc1C. The van der Waals surface area contributed by atoms with Crippen molar-refractivity contribution in [1.82, 2.24) is 19.8 Å². The van der Waals surface area contributed by atoms with Gasteiger partial charge in [0.15, 0.2) is 0 Å². The van der Waals surface area contributed by atoms with Gasteiger partial charge in [-0.3, -0.25) is 9.80 Å². The van der Waals surface area contributed by atoms with Crippen LogP contribution >= 0.6 is 0 Å². The van der Waals surface area contributed by atoms with Crippen molar-refractivity contribution in [3.05, 3.63) is 52.3 Å². The molecule has 0 N–H and O–H groups in total. The number of nitrogens with zero attached hydrogens (tertiary/aromatic N) is 5. The van der Waals surface area contributed by atoms with Gasteiger partial charge in [-0.15, -0.1) is 0 Å². The van der Waals surface area contributed by atoms with Gasteiger partial charge in [-0.05, 0) is 55.4 Å². The molecule has 3 heterocycles. The van der Waals surface area contributed by atoms with Gasteiger partial charge in [0.1, 0.15) is 0 Å². The third-order valence-electron chi connectivity index (χ3n) is 7.47. The normalized spacial score (nSPS) is 21.2. The van der Waals surface area contributed by atoms with Crippen LogP contribution < -0.4 is 4.90 Å². The molecule has 2 aliphatic heterocycles. The highest BCUT2D eigenvalue weighted by atomic mass is 15.3. The maximum atomic E-state index is 5.04. The van der Waals surface area contributed by atoms with Crippen LogP contribution in [0.2, 0.25) is 0 Å². The summed E-state index contributed by atoms with van der Waals surface area (Å²) >= 11 is 0. The van der Waals surface area contributed by atoms with Gasteiger partial charge in [0, 0.05) is 64.5 Å². The number of rotatable bonds is 4. The van der Waals surface area contributed by atoms with Crippen LogP contribution in [-0.2, 0) is 19.4 Å². The van der Waals surface area contributed by atoms with Crippen molar-refractivity contribution < 1.29 is 0 Å². The third kappa shape index (κ3) is 4.23. The van der Waals surface area contributed by atoms with Crippen LogP contribution in [-0.4, -0.2) is 65.1 Å². The van der Waals surface area contributed by atoms with E-state index >= 15 is 0 Å². The van der Waals surface area contributed by atoms with E-state index in [0.29, 0.717) is 0 Å². The Labute approximate surface area is 181 Å². The molecule has 0 unspecified atom stereocenters. The van der Waals surface area contributed by atoms with Crippen molar-refractivity contribution >= 4 is 5.95 Å². The van der Waals surface area contributed by atoms with Gasteiger partial charge in [0.05, 0.1) is 5.69 Å². The van der Waals surface area contributed by atoms with Gasteiger partial charge in [0.25, 0.3) is 0 Å². The molecule has 1 aliphatic carbocycles. The van der Waals surface area contributed by atoms with Crippen LogP contribution in [0.3, 0.4) is 0 Å². The van der Waals surface area contributed by atoms with Crippen LogP contribution in [0.5, 0.6) is 0 Å². The van der Waals surface area contributed by atoms with Gasteiger partial charge >= 0.3 is 0 Å². The van der Waals surface area contributed by atoms with Gasteiger partial charge in [0.2, 0.25) is 5.95 Å². The number of piperazine rings is 1. The molecule has 1 aromatic heterocycles. The van der Waals surface area contributed by atoms with E-state index in [1.54, 1.807) is 0 Å². The van der Waals surface area contributed by atoms with E-state index in [4.69, 9.17) is 9.97 Å². The molecular weight excluding hydrogens is 370 g/mol. The van der Waals surface area contributed by atoms with Gasteiger partial charge < -0.3 is 4.90 Å². The third-order valence-corrected chi connectivity index (χ3v) is 7.47. The molecule has 5 heteroatoms. The number of hydrogen-bond acceptors (Lipinski definition) is 5. The highest BCUT2D eigenvalue weighted by Crippen LogP contribution is 2.26. The van der Waals surface area contributed by atoms with Crippen LogP contribution in [0.4, 0.5) is 5.95 Å². The second-order valence-electron chi connectivity index (χ2n) is 9.44. The van der Waals surface area contributed by atoms with Gasteiger partial charge in [-0.1, -0.05) is 24.6 Å². The molecule has 160 valence electrons. The quantitative estimate of drug-likeness (QED) is 0.779. The molecule has 1 saturated heterocycles. The van der Waals surface area contributed by atoms with Crippen molar-refractivity contribution in [1.29, 1.82) is 0 Å². The zero-order chi connectivity index (χ0) is 20.5. The van der Waals surface area contributed by atoms with E-state index in [0.717, 1.165) is 70.6 Å². The van der Waals surface area contributed by atoms with E-state index in [1.807, 2.05) is 0 Å². The minimum absolute atomic E-state index is 0.850. The molecule has 5 rings (SSSR count). The van der Waals surface area contributed by atoms with Gasteiger partial charge in [-0.25, -0.2) is 9.97 Å². The van der Waals surface area contributed by atoms with E-state index in [1.165, 1.54) is 47.2 Å². The summed E-state index contributed by atoms with van der Waals surface area (Å²) in [6.07, 6.45) is 8.39. The lowest BCUT2D eigenvalue weighted by atomic mass is 9.91. The average Bonchev–Trinajstić information content (AvgIpc) is 2.92. The second-order valence-corrected chi connectivity index (χ2v) is 9.44. The Kier molecular flexibility index (Phi) is 5.74. The highest BCUT2D eigenvalue weighted by Gasteiger charge is 2.29. The van der Waals surface area contributed by atoms with Crippen molar-refractivity contribution in [3.63, 3.8) is 0 Å². The molecule has 0 amide bonds. The summed E-state index contributed by atoms with van der Waals surface area (Å²) in [6.45, 7) is 12.0. The summed E-state index contributed by atoms with van der Waals surface area (Å²) in [4.78, 5) is 17.5. The van der Waals surface area contributed by atoms with Crippen molar-refractivity contribution in [2.75, 3.05) is 44.2 Å². The first-order valence-corrected chi connectivity index (χ1v) is 11.8. The zero-order valence-electron chi connectivity index (χ0n) is 18.6. The molecule has 5 nitrogen and oxygen atoms in total. The second kappa shape index (κ2) is 8.64. The Morgan fingerprint density at radius 2 is 1.73 bits per heavy atom. The van der Waals surface area contributed by atoms with E-state index in [-0.39, 0.29) is 0 Å². The Balaban J connectivity index is 1.21. The molecule has 0 bridgehead atoms.